The number of carbonyl (C=O) groups excluding carboxylic acids is 1. The topological polar surface area (TPSA) is 46.5 Å². The number of hydrogen-bond donors (Lipinski definition) is 1. The molecule has 4 aliphatic rings. The average molecular weight is 507 g/mol. The Bertz CT molecular complexity index is 792. The van der Waals surface area contributed by atoms with E-state index < -0.39 is 11.5 Å². The molecule has 0 saturated heterocycles. The van der Waals surface area contributed by atoms with Crippen molar-refractivity contribution in [3.05, 3.63) is 11.6 Å². The summed E-state index contributed by atoms with van der Waals surface area (Å²) in [5.41, 5.74) is 1.59. The summed E-state index contributed by atoms with van der Waals surface area (Å²) >= 11 is 6.27. The summed E-state index contributed by atoms with van der Waals surface area (Å²) in [5.74, 6) is 4.07. The van der Waals surface area contributed by atoms with Crippen molar-refractivity contribution in [3.63, 3.8) is 0 Å². The Balaban J connectivity index is 1.55. The molecule has 0 amide bonds. The van der Waals surface area contributed by atoms with Gasteiger partial charge in [0.25, 0.3) is 0 Å². The number of hydrogen-bond acceptors (Lipinski definition) is 3. The summed E-state index contributed by atoms with van der Waals surface area (Å²) < 4.78 is 6.12. The first-order valence-electron chi connectivity index (χ1n) is 14.7. The van der Waals surface area contributed by atoms with Gasteiger partial charge in [0.1, 0.15) is 11.5 Å². The Labute approximate surface area is 219 Å². The maximum Gasteiger partial charge on any atom is 0.324 e. The van der Waals surface area contributed by atoms with E-state index in [9.17, 15) is 9.90 Å². The van der Waals surface area contributed by atoms with E-state index in [1.165, 1.54) is 50.5 Å². The molecule has 0 aromatic rings. The van der Waals surface area contributed by atoms with Crippen LogP contribution in [0.4, 0.5) is 0 Å². The molecule has 1 N–H and O–H groups in total. The van der Waals surface area contributed by atoms with E-state index in [0.717, 1.165) is 36.5 Å². The molecular formula is C31H51ClO3. The molecule has 3 nitrogen and oxygen atoms in total. The zero-order valence-corrected chi connectivity index (χ0v) is 23.9. The van der Waals surface area contributed by atoms with Crippen LogP contribution in [0.2, 0.25) is 0 Å². The monoisotopic (exact) mass is 506 g/mol. The van der Waals surface area contributed by atoms with E-state index in [-0.39, 0.29) is 17.5 Å². The highest BCUT2D eigenvalue weighted by Crippen LogP contribution is 2.67. The summed E-state index contributed by atoms with van der Waals surface area (Å²) in [6, 6.07) is 0. The lowest BCUT2D eigenvalue weighted by Gasteiger charge is -2.60. The maximum absolute atomic E-state index is 12.8. The van der Waals surface area contributed by atoms with Crippen molar-refractivity contribution in [2.45, 2.75) is 130 Å². The summed E-state index contributed by atoms with van der Waals surface area (Å²) in [6.07, 6.45) is 14.0. The van der Waals surface area contributed by atoms with Crippen LogP contribution in [0, 0.1) is 46.3 Å². The minimum atomic E-state index is -0.605. The van der Waals surface area contributed by atoms with E-state index in [0.29, 0.717) is 30.1 Å². The number of alkyl halides is 1. The second-order valence-electron chi connectivity index (χ2n) is 13.5. The highest BCUT2D eigenvalue weighted by Gasteiger charge is 2.61. The zero-order valence-electron chi connectivity index (χ0n) is 23.2. The lowest BCUT2D eigenvalue weighted by Crippen LogP contribution is -2.57. The molecule has 0 bridgehead atoms. The van der Waals surface area contributed by atoms with Crippen molar-refractivity contribution in [3.8, 4) is 0 Å². The minimum Gasteiger partial charge on any atom is -0.460 e. The van der Waals surface area contributed by atoms with Gasteiger partial charge in [-0.25, -0.2) is 0 Å². The van der Waals surface area contributed by atoms with Gasteiger partial charge in [0, 0.05) is 11.8 Å². The summed E-state index contributed by atoms with van der Waals surface area (Å²) in [4.78, 5) is 12.8. The first-order chi connectivity index (χ1) is 16.5. The number of aliphatic hydroxyl groups excluding tert-OH is 1. The van der Waals surface area contributed by atoms with Crippen molar-refractivity contribution < 1.29 is 14.6 Å². The number of aliphatic hydroxyl groups is 1. The van der Waals surface area contributed by atoms with Crippen molar-refractivity contribution in [1.82, 2.24) is 0 Å². The molecule has 4 aliphatic carbocycles. The first-order valence-corrected chi connectivity index (χ1v) is 15.2. The van der Waals surface area contributed by atoms with Crippen LogP contribution in [-0.2, 0) is 9.53 Å². The van der Waals surface area contributed by atoms with Crippen LogP contribution in [0.3, 0.4) is 0 Å². The second kappa shape index (κ2) is 10.7. The van der Waals surface area contributed by atoms with E-state index >= 15 is 0 Å². The van der Waals surface area contributed by atoms with Gasteiger partial charge >= 0.3 is 5.97 Å². The molecule has 35 heavy (non-hydrogen) atoms. The van der Waals surface area contributed by atoms with Gasteiger partial charge in [0.15, 0.2) is 0 Å². The second-order valence-corrected chi connectivity index (χ2v) is 14.1. The fourth-order valence-electron chi connectivity index (χ4n) is 9.25. The van der Waals surface area contributed by atoms with E-state index in [1.807, 2.05) is 6.92 Å². The SMILES string of the molecule is CCC(Cl)C(=O)OC1C[C@H](O)CC2=CC[C@H]3[C@@H]4CC[C@H]([C@H](C)CCCC(C)C)[C@@]4(C)CC[C@@H]3[C@]21C. The molecule has 3 saturated carbocycles. The molecule has 0 radical (unpaired) electrons. The molecule has 0 aromatic carbocycles. The molecule has 10 atom stereocenters. The fraction of sp³-hybridized carbons (Fsp3) is 0.903. The van der Waals surface area contributed by atoms with Gasteiger partial charge in [-0.15, -0.1) is 11.6 Å². The molecule has 0 aliphatic heterocycles. The molecule has 3 fully saturated rings. The Morgan fingerprint density at radius 2 is 1.91 bits per heavy atom. The van der Waals surface area contributed by atoms with Crippen LogP contribution in [0.15, 0.2) is 11.6 Å². The smallest absolute Gasteiger partial charge is 0.324 e. The maximum atomic E-state index is 12.8. The Morgan fingerprint density at radius 1 is 1.17 bits per heavy atom. The number of carbonyl (C=O) groups is 1. The van der Waals surface area contributed by atoms with E-state index in [4.69, 9.17) is 16.3 Å². The summed E-state index contributed by atoms with van der Waals surface area (Å²) in [7, 11) is 0. The fourth-order valence-corrected chi connectivity index (χ4v) is 9.30. The standard InChI is InChI=1S/C31H51ClO3/c1-7-27(32)29(34)35-28-18-22(33)17-21-11-12-23-25-14-13-24(20(4)10-8-9-19(2)3)30(25,5)16-15-26(23)31(21,28)6/h11,19-20,22-28,33H,7-10,12-18H2,1-6H3/t20-,22-,23+,24-,25+,26+,27?,28?,30-,31+/m1/s1. The van der Waals surface area contributed by atoms with Gasteiger partial charge in [-0.1, -0.05) is 72.5 Å². The molecule has 4 rings (SSSR count). The normalized spacial score (nSPS) is 42.5. The Hall–Kier alpha value is -0.540. The average Bonchev–Trinajstić information content (AvgIpc) is 3.16. The lowest BCUT2D eigenvalue weighted by atomic mass is 9.46. The van der Waals surface area contributed by atoms with Gasteiger partial charge in [0.2, 0.25) is 0 Å². The highest BCUT2D eigenvalue weighted by atomic mass is 35.5. The van der Waals surface area contributed by atoms with Gasteiger partial charge < -0.3 is 9.84 Å². The lowest BCUT2D eigenvalue weighted by molar-refractivity contribution is -0.169. The number of ether oxygens (including phenoxy) is 1. The first kappa shape index (κ1) is 27.5. The quantitative estimate of drug-likeness (QED) is 0.206. The van der Waals surface area contributed by atoms with Gasteiger partial charge in [-0.2, -0.15) is 0 Å². The van der Waals surface area contributed by atoms with Gasteiger partial charge in [-0.3, -0.25) is 4.79 Å². The summed E-state index contributed by atoms with van der Waals surface area (Å²) in [5, 5.41) is 10.1. The molecule has 2 unspecified atom stereocenters. The van der Waals surface area contributed by atoms with Crippen molar-refractivity contribution >= 4 is 17.6 Å². The van der Waals surface area contributed by atoms with E-state index in [2.05, 4.69) is 40.7 Å². The molecule has 200 valence electrons. The predicted molar refractivity (Wildman–Crippen MR) is 144 cm³/mol. The highest BCUT2D eigenvalue weighted by molar-refractivity contribution is 6.29. The summed E-state index contributed by atoms with van der Waals surface area (Å²) in [6.45, 7) is 14.1. The van der Waals surface area contributed by atoms with Crippen LogP contribution in [0.5, 0.6) is 0 Å². The minimum absolute atomic E-state index is 0.176. The molecule has 4 heteroatoms. The molecule has 0 spiro atoms. The van der Waals surface area contributed by atoms with Gasteiger partial charge in [-0.05, 0) is 85.9 Å². The Kier molecular flexibility index (Phi) is 8.39. The molecular weight excluding hydrogens is 456 g/mol. The molecule has 0 aromatic heterocycles. The van der Waals surface area contributed by atoms with Crippen molar-refractivity contribution in [2.75, 3.05) is 0 Å². The predicted octanol–water partition coefficient (Wildman–Crippen LogP) is 7.93. The molecule has 0 heterocycles. The Morgan fingerprint density at radius 3 is 2.60 bits per heavy atom. The third-order valence-electron chi connectivity index (χ3n) is 11.2. The van der Waals surface area contributed by atoms with Crippen LogP contribution in [0.25, 0.3) is 0 Å². The zero-order chi connectivity index (χ0) is 25.5. The van der Waals surface area contributed by atoms with Gasteiger partial charge in [0.05, 0.1) is 6.10 Å². The number of rotatable bonds is 8. The van der Waals surface area contributed by atoms with Crippen molar-refractivity contribution in [2.24, 2.45) is 46.3 Å². The van der Waals surface area contributed by atoms with Crippen LogP contribution in [-0.4, -0.2) is 28.7 Å². The number of fused-ring (bicyclic) bond motifs is 5. The largest absolute Gasteiger partial charge is 0.460 e. The van der Waals surface area contributed by atoms with Crippen LogP contribution in [0.1, 0.15) is 112 Å². The van der Waals surface area contributed by atoms with Crippen molar-refractivity contribution in [1.29, 1.82) is 0 Å². The van der Waals surface area contributed by atoms with Crippen LogP contribution < -0.4 is 0 Å². The number of halogens is 1. The third-order valence-corrected chi connectivity index (χ3v) is 11.7. The number of esters is 1. The number of allylic oxidation sites excluding steroid dienone is 1. The van der Waals surface area contributed by atoms with E-state index in [1.54, 1.807) is 0 Å². The van der Waals surface area contributed by atoms with Crippen LogP contribution >= 0.6 is 11.6 Å². The third kappa shape index (κ3) is 4.99.